The van der Waals surface area contributed by atoms with Crippen LogP contribution in [0.3, 0.4) is 0 Å². The first kappa shape index (κ1) is 23.5. The Morgan fingerprint density at radius 3 is 2.46 bits per heavy atom. The molecule has 1 amide bonds. The largest absolute Gasteiger partial charge is 0.357 e. The lowest BCUT2D eigenvalue weighted by Gasteiger charge is -2.21. The molecule has 7 heteroatoms. The molecule has 6 nitrogen and oxygen atoms in total. The van der Waals surface area contributed by atoms with Gasteiger partial charge in [0.1, 0.15) is 0 Å². The van der Waals surface area contributed by atoms with E-state index in [1.54, 1.807) is 0 Å². The minimum absolute atomic E-state index is 0. The fourth-order valence-electron chi connectivity index (χ4n) is 3.99. The molecule has 0 aromatic rings. The van der Waals surface area contributed by atoms with Crippen LogP contribution in [0.15, 0.2) is 4.99 Å². The van der Waals surface area contributed by atoms with Crippen molar-refractivity contribution in [2.24, 2.45) is 10.9 Å². The van der Waals surface area contributed by atoms with E-state index < -0.39 is 0 Å². The highest BCUT2D eigenvalue weighted by molar-refractivity contribution is 14.0. The Balaban J connectivity index is 0.00000338. The number of nitrogens with zero attached hydrogens (tertiary/aromatic N) is 2. The standard InChI is InChI=1S/C19H37N5O.HI/c1-3-20-19(23-15-17-10-7-13-24(17)4-2)22-12-11-21-18(25)14-16-8-5-6-9-16;/h16-17H,3-15H2,1-2H3,(H,21,25)(H2,20,22,23);1H. The molecule has 1 atom stereocenters. The molecule has 0 bridgehead atoms. The third-order valence-electron chi connectivity index (χ3n) is 5.40. The third-order valence-corrected chi connectivity index (χ3v) is 5.40. The van der Waals surface area contributed by atoms with E-state index in [2.05, 4.69) is 34.7 Å². The van der Waals surface area contributed by atoms with Gasteiger partial charge in [0.15, 0.2) is 5.96 Å². The van der Waals surface area contributed by atoms with Gasteiger partial charge < -0.3 is 16.0 Å². The maximum absolute atomic E-state index is 11.9. The third kappa shape index (κ3) is 8.41. The zero-order valence-corrected chi connectivity index (χ0v) is 18.9. The van der Waals surface area contributed by atoms with E-state index in [-0.39, 0.29) is 29.9 Å². The number of aliphatic imine (C=N–C) groups is 1. The van der Waals surface area contributed by atoms with Crippen LogP contribution >= 0.6 is 24.0 Å². The van der Waals surface area contributed by atoms with Gasteiger partial charge in [-0.3, -0.25) is 14.7 Å². The Labute approximate surface area is 176 Å². The SMILES string of the molecule is CCNC(=NCC1CCCN1CC)NCCNC(=O)CC1CCCC1.I. The zero-order valence-electron chi connectivity index (χ0n) is 16.6. The number of rotatable bonds is 9. The van der Waals surface area contributed by atoms with E-state index >= 15 is 0 Å². The maximum Gasteiger partial charge on any atom is 0.220 e. The lowest BCUT2D eigenvalue weighted by Crippen LogP contribution is -2.42. The summed E-state index contributed by atoms with van der Waals surface area (Å²) in [6.45, 7) is 9.67. The summed E-state index contributed by atoms with van der Waals surface area (Å²) in [4.78, 5) is 19.2. The smallest absolute Gasteiger partial charge is 0.220 e. The number of hydrogen-bond acceptors (Lipinski definition) is 3. The molecule has 152 valence electrons. The fourth-order valence-corrected chi connectivity index (χ4v) is 3.99. The van der Waals surface area contributed by atoms with Crippen molar-refractivity contribution in [1.29, 1.82) is 0 Å². The number of likely N-dealkylation sites (tertiary alicyclic amines) is 1. The lowest BCUT2D eigenvalue weighted by molar-refractivity contribution is -0.121. The van der Waals surface area contributed by atoms with Crippen LogP contribution in [0.2, 0.25) is 0 Å². The molecule has 1 aliphatic carbocycles. The summed E-state index contributed by atoms with van der Waals surface area (Å²) in [6.07, 6.45) is 8.25. The molecule has 0 radical (unpaired) electrons. The second-order valence-electron chi connectivity index (χ2n) is 7.28. The Morgan fingerprint density at radius 1 is 1.04 bits per heavy atom. The number of nitrogens with one attached hydrogen (secondary N) is 3. The van der Waals surface area contributed by atoms with Crippen LogP contribution in [0.1, 0.15) is 58.8 Å². The summed E-state index contributed by atoms with van der Waals surface area (Å²) >= 11 is 0. The van der Waals surface area contributed by atoms with Gasteiger partial charge in [0, 0.05) is 32.1 Å². The minimum Gasteiger partial charge on any atom is -0.357 e. The van der Waals surface area contributed by atoms with E-state index in [9.17, 15) is 4.79 Å². The molecular weight excluding hydrogens is 441 g/mol. The number of amides is 1. The van der Waals surface area contributed by atoms with E-state index in [0.29, 0.717) is 31.5 Å². The van der Waals surface area contributed by atoms with Crippen molar-refractivity contribution in [2.45, 2.75) is 64.8 Å². The molecule has 1 saturated heterocycles. The quantitative estimate of drug-likeness (QED) is 0.206. The van der Waals surface area contributed by atoms with Crippen molar-refractivity contribution in [3.8, 4) is 0 Å². The Morgan fingerprint density at radius 2 is 1.77 bits per heavy atom. The van der Waals surface area contributed by atoms with Crippen molar-refractivity contribution in [3.05, 3.63) is 0 Å². The first-order chi connectivity index (χ1) is 12.2. The maximum atomic E-state index is 11.9. The Hall–Kier alpha value is -0.570. The predicted molar refractivity (Wildman–Crippen MR) is 119 cm³/mol. The normalized spacial score (nSPS) is 21.5. The molecule has 1 saturated carbocycles. The highest BCUT2D eigenvalue weighted by Crippen LogP contribution is 2.27. The van der Waals surface area contributed by atoms with Gasteiger partial charge in [0.05, 0.1) is 6.54 Å². The van der Waals surface area contributed by atoms with Crippen LogP contribution < -0.4 is 16.0 Å². The summed E-state index contributed by atoms with van der Waals surface area (Å²) in [6, 6.07) is 0.576. The van der Waals surface area contributed by atoms with Crippen molar-refractivity contribution < 1.29 is 4.79 Å². The Kier molecular flexibility index (Phi) is 12.3. The van der Waals surface area contributed by atoms with Gasteiger partial charge in [-0.05, 0) is 51.6 Å². The lowest BCUT2D eigenvalue weighted by atomic mass is 10.0. The van der Waals surface area contributed by atoms with Crippen molar-refractivity contribution in [3.63, 3.8) is 0 Å². The molecule has 2 aliphatic rings. The summed E-state index contributed by atoms with van der Waals surface area (Å²) in [5.41, 5.74) is 0. The van der Waals surface area contributed by atoms with Gasteiger partial charge in [-0.2, -0.15) is 0 Å². The molecule has 1 heterocycles. The molecular formula is C19H38IN5O. The fraction of sp³-hybridized carbons (Fsp3) is 0.895. The first-order valence-electron chi connectivity index (χ1n) is 10.3. The number of hydrogen-bond donors (Lipinski definition) is 3. The number of carbonyl (C=O) groups is 1. The van der Waals surface area contributed by atoms with Gasteiger partial charge in [0.25, 0.3) is 0 Å². The van der Waals surface area contributed by atoms with Gasteiger partial charge >= 0.3 is 0 Å². The number of likely N-dealkylation sites (N-methyl/N-ethyl adjacent to an activating group) is 1. The van der Waals surface area contributed by atoms with Crippen LogP contribution in [0, 0.1) is 5.92 Å². The monoisotopic (exact) mass is 479 g/mol. The van der Waals surface area contributed by atoms with E-state index in [1.165, 1.54) is 45.1 Å². The van der Waals surface area contributed by atoms with E-state index in [0.717, 1.165) is 25.6 Å². The second kappa shape index (κ2) is 13.6. The molecule has 3 N–H and O–H groups in total. The van der Waals surface area contributed by atoms with E-state index in [1.807, 2.05) is 0 Å². The van der Waals surface area contributed by atoms with Crippen molar-refractivity contribution in [1.82, 2.24) is 20.9 Å². The first-order valence-corrected chi connectivity index (χ1v) is 10.3. The number of carbonyl (C=O) groups excluding carboxylic acids is 1. The van der Waals surface area contributed by atoms with Crippen LogP contribution in [0.25, 0.3) is 0 Å². The van der Waals surface area contributed by atoms with E-state index in [4.69, 9.17) is 4.99 Å². The minimum atomic E-state index is 0. The van der Waals surface area contributed by atoms with Crippen LogP contribution in [-0.2, 0) is 4.79 Å². The van der Waals surface area contributed by atoms with Crippen LogP contribution in [0.5, 0.6) is 0 Å². The number of guanidine groups is 1. The summed E-state index contributed by atoms with van der Waals surface area (Å²) in [5, 5.41) is 9.65. The van der Waals surface area contributed by atoms with Crippen molar-refractivity contribution in [2.75, 3.05) is 39.3 Å². The molecule has 26 heavy (non-hydrogen) atoms. The summed E-state index contributed by atoms with van der Waals surface area (Å²) in [5.74, 6) is 1.66. The Bertz CT molecular complexity index is 426. The molecule has 2 fully saturated rings. The molecule has 1 aliphatic heterocycles. The molecule has 1 unspecified atom stereocenters. The van der Waals surface area contributed by atoms with Crippen LogP contribution in [-0.4, -0.2) is 62.1 Å². The van der Waals surface area contributed by atoms with Gasteiger partial charge in [0.2, 0.25) is 5.91 Å². The van der Waals surface area contributed by atoms with Gasteiger partial charge in [-0.1, -0.05) is 19.8 Å². The average molecular weight is 479 g/mol. The summed E-state index contributed by atoms with van der Waals surface area (Å²) in [7, 11) is 0. The van der Waals surface area contributed by atoms with Gasteiger partial charge in [-0.25, -0.2) is 0 Å². The highest BCUT2D eigenvalue weighted by Gasteiger charge is 2.22. The zero-order chi connectivity index (χ0) is 17.9. The van der Waals surface area contributed by atoms with Crippen LogP contribution in [0.4, 0.5) is 0 Å². The predicted octanol–water partition coefficient (Wildman–Crippen LogP) is 2.34. The number of halogens is 1. The molecule has 0 aromatic heterocycles. The molecule has 0 aromatic carbocycles. The van der Waals surface area contributed by atoms with Crippen molar-refractivity contribution >= 4 is 35.8 Å². The molecule has 0 spiro atoms. The average Bonchev–Trinajstić information content (AvgIpc) is 3.27. The second-order valence-corrected chi connectivity index (χ2v) is 7.28. The summed E-state index contributed by atoms with van der Waals surface area (Å²) < 4.78 is 0. The highest BCUT2D eigenvalue weighted by atomic mass is 127. The molecule has 2 rings (SSSR count). The topological polar surface area (TPSA) is 68.8 Å². The van der Waals surface area contributed by atoms with Gasteiger partial charge in [-0.15, -0.1) is 24.0 Å².